The van der Waals surface area contributed by atoms with Crippen LogP contribution in [0.15, 0.2) is 53.8 Å². The fourth-order valence-electron chi connectivity index (χ4n) is 2.77. The molecule has 0 aliphatic rings. The van der Waals surface area contributed by atoms with Crippen molar-refractivity contribution in [3.63, 3.8) is 0 Å². The molecule has 0 bridgehead atoms. The second-order valence-electron chi connectivity index (χ2n) is 6.04. The third kappa shape index (κ3) is 4.05. The number of fused-ring (bicyclic) bond motifs is 1. The minimum absolute atomic E-state index is 0.0782. The minimum Gasteiger partial charge on any atom is -0.383 e. The van der Waals surface area contributed by atoms with E-state index in [0.29, 0.717) is 24.6 Å². The van der Waals surface area contributed by atoms with E-state index in [2.05, 4.69) is 34.2 Å². The second-order valence-corrected chi connectivity index (χ2v) is 6.92. The van der Waals surface area contributed by atoms with Gasteiger partial charge in [0.2, 0.25) is 5.78 Å². The summed E-state index contributed by atoms with van der Waals surface area (Å²) in [7, 11) is 1.64. The van der Waals surface area contributed by atoms with Crippen molar-refractivity contribution < 1.29 is 9.53 Å². The summed E-state index contributed by atoms with van der Waals surface area (Å²) in [5, 5.41) is 0. The average Bonchev–Trinajstić information content (AvgIpc) is 3.10. The number of aromatic nitrogens is 3. The molecule has 0 fully saturated rings. The van der Waals surface area contributed by atoms with Crippen LogP contribution >= 0.6 is 11.8 Å². The van der Waals surface area contributed by atoms with Crippen molar-refractivity contribution >= 4 is 23.4 Å². The first-order chi connectivity index (χ1) is 12.6. The van der Waals surface area contributed by atoms with Crippen LogP contribution in [0.1, 0.15) is 23.0 Å². The van der Waals surface area contributed by atoms with E-state index < -0.39 is 0 Å². The molecular weight excluding hydrogens is 348 g/mol. The third-order valence-corrected chi connectivity index (χ3v) is 4.91. The van der Waals surface area contributed by atoms with E-state index >= 15 is 0 Å². The summed E-state index contributed by atoms with van der Waals surface area (Å²) in [6, 6.07) is 9.97. The molecule has 7 heteroatoms. The maximum atomic E-state index is 13.1. The van der Waals surface area contributed by atoms with E-state index in [9.17, 15) is 4.79 Å². The Morgan fingerprint density at radius 3 is 2.77 bits per heavy atom. The lowest BCUT2D eigenvalue weighted by Crippen LogP contribution is -2.40. The first-order valence-corrected chi connectivity index (χ1v) is 9.57. The number of methoxy groups -OCH3 is 1. The highest BCUT2D eigenvalue weighted by atomic mass is 32.2. The molecule has 2 heterocycles. The van der Waals surface area contributed by atoms with Crippen LogP contribution < -0.4 is 0 Å². The first-order valence-electron chi connectivity index (χ1n) is 8.35. The lowest BCUT2D eigenvalue weighted by molar-refractivity contribution is 0.0537. The number of imidazole rings is 1. The Morgan fingerprint density at radius 1 is 1.35 bits per heavy atom. The Bertz CT molecular complexity index is 846. The molecule has 0 saturated carbocycles. The number of ether oxygens (including phenoxy) is 1. The smallest absolute Gasteiger partial charge is 0.274 e. The summed E-state index contributed by atoms with van der Waals surface area (Å²) in [5.41, 5.74) is 1.45. The van der Waals surface area contributed by atoms with Gasteiger partial charge in [0.25, 0.3) is 5.91 Å². The van der Waals surface area contributed by atoms with Gasteiger partial charge in [0.1, 0.15) is 5.69 Å². The maximum Gasteiger partial charge on any atom is 0.274 e. The molecule has 1 atom stereocenters. The molecule has 136 valence electrons. The van der Waals surface area contributed by atoms with Gasteiger partial charge in [0.15, 0.2) is 0 Å². The molecule has 1 amide bonds. The molecule has 0 aliphatic heterocycles. The second kappa shape index (κ2) is 8.33. The average molecular weight is 370 g/mol. The van der Waals surface area contributed by atoms with Gasteiger partial charge in [-0.3, -0.25) is 9.20 Å². The summed E-state index contributed by atoms with van der Waals surface area (Å²) in [4.78, 5) is 24.7. The van der Waals surface area contributed by atoms with Crippen LogP contribution in [-0.4, -0.2) is 51.2 Å². The summed E-state index contributed by atoms with van der Waals surface area (Å²) in [6.45, 7) is 2.94. The van der Waals surface area contributed by atoms with Crippen LogP contribution in [0.3, 0.4) is 0 Å². The van der Waals surface area contributed by atoms with Crippen molar-refractivity contribution in [1.29, 1.82) is 0 Å². The molecule has 6 nitrogen and oxygen atoms in total. The fraction of sp³-hybridized carbons (Fsp3) is 0.316. The quantitative estimate of drug-likeness (QED) is 0.598. The van der Waals surface area contributed by atoms with Crippen molar-refractivity contribution in [3.8, 4) is 0 Å². The van der Waals surface area contributed by atoms with Crippen LogP contribution in [0.4, 0.5) is 0 Å². The Hall–Kier alpha value is -2.38. The standard InChI is InChI=1S/C19H22N4O2S/c1-14(13-25-2)23(11-15-5-7-16(26-3)8-6-15)18(24)17-12-22-10-4-9-20-19(22)21-17/h4-10,12,14H,11,13H2,1-3H3. The number of hydrogen-bond donors (Lipinski definition) is 0. The zero-order valence-electron chi connectivity index (χ0n) is 15.1. The van der Waals surface area contributed by atoms with E-state index in [0.717, 1.165) is 5.56 Å². The largest absolute Gasteiger partial charge is 0.383 e. The lowest BCUT2D eigenvalue weighted by atomic mass is 10.1. The number of nitrogens with zero attached hydrogens (tertiary/aromatic N) is 4. The summed E-state index contributed by atoms with van der Waals surface area (Å²) in [6.07, 6.45) is 7.25. The number of amides is 1. The fourth-order valence-corrected chi connectivity index (χ4v) is 3.18. The molecule has 1 aromatic carbocycles. The Balaban J connectivity index is 1.87. The molecule has 3 rings (SSSR count). The monoisotopic (exact) mass is 370 g/mol. The maximum absolute atomic E-state index is 13.1. The molecule has 2 aromatic heterocycles. The number of hydrogen-bond acceptors (Lipinski definition) is 5. The summed E-state index contributed by atoms with van der Waals surface area (Å²) >= 11 is 1.70. The van der Waals surface area contributed by atoms with E-state index in [4.69, 9.17) is 4.74 Å². The highest BCUT2D eigenvalue weighted by Crippen LogP contribution is 2.18. The van der Waals surface area contributed by atoms with Crippen molar-refractivity contribution in [1.82, 2.24) is 19.3 Å². The van der Waals surface area contributed by atoms with Gasteiger partial charge >= 0.3 is 0 Å². The number of carbonyl (C=O) groups is 1. The van der Waals surface area contributed by atoms with Crippen molar-refractivity contribution in [3.05, 3.63) is 60.2 Å². The first kappa shape index (κ1) is 18.4. The number of rotatable bonds is 7. The lowest BCUT2D eigenvalue weighted by Gasteiger charge is -2.28. The molecule has 1 unspecified atom stereocenters. The summed E-state index contributed by atoms with van der Waals surface area (Å²) < 4.78 is 7.02. The van der Waals surface area contributed by atoms with Crippen LogP contribution in [0.2, 0.25) is 0 Å². The Kier molecular flexibility index (Phi) is 5.90. The van der Waals surface area contributed by atoms with Crippen LogP contribution in [0.5, 0.6) is 0 Å². The molecule has 26 heavy (non-hydrogen) atoms. The molecule has 0 N–H and O–H groups in total. The van der Waals surface area contributed by atoms with Crippen LogP contribution in [0, 0.1) is 0 Å². The topological polar surface area (TPSA) is 59.7 Å². The molecule has 0 saturated heterocycles. The van der Waals surface area contributed by atoms with E-state index in [1.165, 1.54) is 4.90 Å². The van der Waals surface area contributed by atoms with Crippen LogP contribution in [-0.2, 0) is 11.3 Å². The van der Waals surface area contributed by atoms with E-state index in [-0.39, 0.29) is 11.9 Å². The normalized spacial score (nSPS) is 12.3. The van der Waals surface area contributed by atoms with Gasteiger partial charge in [-0.25, -0.2) is 9.97 Å². The van der Waals surface area contributed by atoms with Gasteiger partial charge in [0, 0.05) is 37.1 Å². The Morgan fingerprint density at radius 2 is 2.12 bits per heavy atom. The number of carbonyl (C=O) groups excluding carboxylic acids is 1. The minimum atomic E-state index is -0.131. The van der Waals surface area contributed by atoms with Gasteiger partial charge < -0.3 is 9.64 Å². The van der Waals surface area contributed by atoms with Crippen LogP contribution in [0.25, 0.3) is 5.78 Å². The van der Waals surface area contributed by atoms with Crippen molar-refractivity contribution in [2.24, 2.45) is 0 Å². The highest BCUT2D eigenvalue weighted by molar-refractivity contribution is 7.98. The van der Waals surface area contributed by atoms with Gasteiger partial charge in [0.05, 0.1) is 12.6 Å². The van der Waals surface area contributed by atoms with Gasteiger partial charge in [-0.2, -0.15) is 0 Å². The Labute approximate surface area is 157 Å². The zero-order chi connectivity index (χ0) is 18.5. The zero-order valence-corrected chi connectivity index (χ0v) is 15.9. The molecule has 0 spiro atoms. The summed E-state index contributed by atoms with van der Waals surface area (Å²) in [5.74, 6) is 0.383. The van der Waals surface area contributed by atoms with Crippen molar-refractivity contribution in [2.45, 2.75) is 24.4 Å². The third-order valence-electron chi connectivity index (χ3n) is 4.17. The van der Waals surface area contributed by atoms with E-state index in [1.54, 1.807) is 40.6 Å². The SMILES string of the molecule is COCC(C)N(Cc1ccc(SC)cc1)C(=O)c1cn2cccnc2n1. The van der Waals surface area contributed by atoms with Gasteiger partial charge in [-0.05, 0) is 36.9 Å². The van der Waals surface area contributed by atoms with Gasteiger partial charge in [-0.1, -0.05) is 12.1 Å². The number of benzene rings is 1. The molecule has 3 aromatic rings. The number of thioether (sulfide) groups is 1. The molecule has 0 radical (unpaired) electrons. The highest BCUT2D eigenvalue weighted by Gasteiger charge is 2.24. The van der Waals surface area contributed by atoms with E-state index in [1.807, 2.05) is 25.4 Å². The predicted octanol–water partition coefficient (Wildman–Crippen LogP) is 3.13. The van der Waals surface area contributed by atoms with Gasteiger partial charge in [-0.15, -0.1) is 11.8 Å². The van der Waals surface area contributed by atoms with Crippen molar-refractivity contribution in [2.75, 3.05) is 20.0 Å². The predicted molar refractivity (Wildman–Crippen MR) is 102 cm³/mol. The molecular formula is C19H22N4O2S. The molecule has 0 aliphatic carbocycles.